The van der Waals surface area contributed by atoms with Gasteiger partial charge in [-0.3, -0.25) is 9.78 Å². The van der Waals surface area contributed by atoms with E-state index >= 15 is 0 Å². The van der Waals surface area contributed by atoms with E-state index in [0.29, 0.717) is 0 Å². The molecule has 0 spiro atoms. The fourth-order valence-electron chi connectivity index (χ4n) is 1.61. The van der Waals surface area contributed by atoms with Crippen LogP contribution in [0.2, 0.25) is 0 Å². The van der Waals surface area contributed by atoms with Crippen molar-refractivity contribution in [3.05, 3.63) is 24.5 Å². The minimum atomic E-state index is 0.756. The van der Waals surface area contributed by atoms with Crippen molar-refractivity contribution in [2.24, 2.45) is 0 Å². The van der Waals surface area contributed by atoms with Crippen molar-refractivity contribution in [1.82, 2.24) is 9.88 Å². The Morgan fingerprint density at radius 1 is 1.14 bits per heavy atom. The summed E-state index contributed by atoms with van der Waals surface area (Å²) in [6.07, 6.45) is 5.49. The Morgan fingerprint density at radius 3 is 2.36 bits per heavy atom. The fourth-order valence-corrected chi connectivity index (χ4v) is 1.61. The lowest BCUT2D eigenvalue weighted by atomic mass is 10.3. The van der Waals surface area contributed by atoms with E-state index in [2.05, 4.69) is 9.88 Å². The van der Waals surface area contributed by atoms with E-state index in [1.165, 1.54) is 5.69 Å². The van der Waals surface area contributed by atoms with Gasteiger partial charge in [-0.2, -0.15) is 0 Å². The van der Waals surface area contributed by atoms with Crippen LogP contribution in [-0.4, -0.2) is 42.5 Å². The molecule has 4 nitrogen and oxygen atoms in total. The number of nitrogens with zero attached hydrogens (tertiary/aromatic N) is 3. The summed E-state index contributed by atoms with van der Waals surface area (Å²) in [6, 6.07) is 3.97. The highest BCUT2D eigenvalue weighted by Gasteiger charge is 2.15. The number of piperazine rings is 1. The smallest absolute Gasteiger partial charge is 0.312 e. The summed E-state index contributed by atoms with van der Waals surface area (Å²) < 4.78 is 0. The molecule has 14 heavy (non-hydrogen) atoms. The van der Waals surface area contributed by atoms with Crippen LogP contribution in [0.1, 0.15) is 0 Å². The van der Waals surface area contributed by atoms with Crippen LogP contribution < -0.4 is 4.90 Å². The summed E-state index contributed by atoms with van der Waals surface area (Å²) in [5.41, 5.74) is 1.17. The van der Waals surface area contributed by atoms with Crippen molar-refractivity contribution in [1.29, 1.82) is 0 Å². The van der Waals surface area contributed by atoms with Gasteiger partial charge in [0.25, 0.3) is 0 Å². The summed E-state index contributed by atoms with van der Waals surface area (Å²) in [5.74, 6) is 0. The molecule has 1 fully saturated rings. The number of anilines is 1. The van der Waals surface area contributed by atoms with Gasteiger partial charge in [0, 0.05) is 44.3 Å². The van der Waals surface area contributed by atoms with E-state index < -0.39 is 0 Å². The van der Waals surface area contributed by atoms with Crippen LogP contribution >= 0.6 is 0 Å². The monoisotopic (exact) mass is 190 g/mol. The molecule has 1 radical (unpaired) electrons. The van der Waals surface area contributed by atoms with Crippen molar-refractivity contribution in [3.63, 3.8) is 0 Å². The molecule has 1 saturated heterocycles. The lowest BCUT2D eigenvalue weighted by molar-refractivity contribution is 0.357. The van der Waals surface area contributed by atoms with Crippen molar-refractivity contribution >= 4 is 12.1 Å². The lowest BCUT2D eigenvalue weighted by Gasteiger charge is -2.33. The van der Waals surface area contributed by atoms with Crippen LogP contribution in [0.4, 0.5) is 5.69 Å². The van der Waals surface area contributed by atoms with Crippen molar-refractivity contribution in [3.8, 4) is 0 Å². The molecule has 1 aliphatic heterocycles. The third-order valence-corrected chi connectivity index (χ3v) is 2.44. The molecule has 0 aromatic carbocycles. The molecular weight excluding hydrogens is 178 g/mol. The van der Waals surface area contributed by atoms with Gasteiger partial charge in [-0.05, 0) is 12.1 Å². The first-order chi connectivity index (χ1) is 6.90. The summed E-state index contributed by atoms with van der Waals surface area (Å²) >= 11 is 0. The zero-order valence-electron chi connectivity index (χ0n) is 7.89. The Labute approximate surface area is 83.2 Å². The zero-order valence-corrected chi connectivity index (χ0v) is 7.89. The SMILES string of the molecule is O=[C]N1CCN(c2ccncc2)CC1. The molecule has 0 aliphatic carbocycles. The van der Waals surface area contributed by atoms with Gasteiger partial charge in [0.05, 0.1) is 0 Å². The third kappa shape index (κ3) is 1.84. The van der Waals surface area contributed by atoms with E-state index in [4.69, 9.17) is 0 Å². The third-order valence-electron chi connectivity index (χ3n) is 2.44. The van der Waals surface area contributed by atoms with E-state index in [0.717, 1.165) is 26.2 Å². The average Bonchev–Trinajstić information content (AvgIpc) is 2.30. The second-order valence-corrected chi connectivity index (χ2v) is 3.27. The number of aromatic nitrogens is 1. The minimum absolute atomic E-state index is 0.756. The Bertz CT molecular complexity index is 293. The molecule has 1 aliphatic rings. The highest BCUT2D eigenvalue weighted by molar-refractivity contribution is 5.51. The minimum Gasteiger partial charge on any atom is -0.368 e. The molecule has 73 valence electrons. The maximum atomic E-state index is 10.4. The average molecular weight is 190 g/mol. The fraction of sp³-hybridized carbons (Fsp3) is 0.400. The highest BCUT2D eigenvalue weighted by Crippen LogP contribution is 2.13. The lowest BCUT2D eigenvalue weighted by Crippen LogP contribution is -2.45. The molecule has 0 N–H and O–H groups in total. The number of hydrogen-bond donors (Lipinski definition) is 0. The Hall–Kier alpha value is -1.58. The first kappa shape index (κ1) is 8.99. The predicted octanol–water partition coefficient (Wildman–Crippen LogP) is 0.271. The standard InChI is InChI=1S/C10H12N3O/c14-9-12-5-7-13(8-6-12)10-1-3-11-4-2-10/h1-4H,5-8H2. The first-order valence-corrected chi connectivity index (χ1v) is 4.68. The predicted molar refractivity (Wildman–Crippen MR) is 53.7 cm³/mol. The molecule has 1 amide bonds. The Kier molecular flexibility index (Phi) is 2.62. The molecule has 0 bridgehead atoms. The van der Waals surface area contributed by atoms with Crippen LogP contribution in [0.25, 0.3) is 0 Å². The molecule has 2 rings (SSSR count). The Balaban J connectivity index is 1.99. The number of carbonyl (C=O) groups excluding carboxylic acids is 1. The molecule has 1 aromatic heterocycles. The quantitative estimate of drug-likeness (QED) is 0.671. The normalized spacial score (nSPS) is 16.9. The van der Waals surface area contributed by atoms with Gasteiger partial charge in [-0.15, -0.1) is 0 Å². The molecule has 2 heterocycles. The number of hydrogen-bond acceptors (Lipinski definition) is 3. The van der Waals surface area contributed by atoms with Gasteiger partial charge >= 0.3 is 6.41 Å². The molecule has 1 aromatic rings. The highest BCUT2D eigenvalue weighted by atomic mass is 16.1. The van der Waals surface area contributed by atoms with Crippen molar-refractivity contribution < 1.29 is 4.79 Å². The number of amides is 1. The van der Waals surface area contributed by atoms with E-state index in [1.807, 2.05) is 18.5 Å². The maximum Gasteiger partial charge on any atom is 0.312 e. The first-order valence-electron chi connectivity index (χ1n) is 4.68. The molecular formula is C10H12N3O. The topological polar surface area (TPSA) is 36.4 Å². The van der Waals surface area contributed by atoms with Crippen LogP contribution in [0.15, 0.2) is 24.5 Å². The van der Waals surface area contributed by atoms with Gasteiger partial charge in [-0.1, -0.05) is 0 Å². The maximum absolute atomic E-state index is 10.4. The van der Waals surface area contributed by atoms with Gasteiger partial charge in [0.2, 0.25) is 0 Å². The van der Waals surface area contributed by atoms with E-state index in [-0.39, 0.29) is 0 Å². The van der Waals surface area contributed by atoms with Crippen molar-refractivity contribution in [2.45, 2.75) is 0 Å². The number of pyridine rings is 1. The molecule has 0 unspecified atom stereocenters. The van der Waals surface area contributed by atoms with Crippen LogP contribution in [-0.2, 0) is 4.79 Å². The van der Waals surface area contributed by atoms with Gasteiger partial charge in [0.15, 0.2) is 0 Å². The number of rotatable bonds is 2. The van der Waals surface area contributed by atoms with Gasteiger partial charge in [-0.25, -0.2) is 0 Å². The van der Waals surface area contributed by atoms with E-state index in [1.54, 1.807) is 17.3 Å². The second kappa shape index (κ2) is 4.09. The zero-order chi connectivity index (χ0) is 9.80. The van der Waals surface area contributed by atoms with Gasteiger partial charge in [0.1, 0.15) is 0 Å². The van der Waals surface area contributed by atoms with Crippen LogP contribution in [0.3, 0.4) is 0 Å². The second-order valence-electron chi connectivity index (χ2n) is 3.27. The van der Waals surface area contributed by atoms with Crippen molar-refractivity contribution in [2.75, 3.05) is 31.1 Å². The summed E-state index contributed by atoms with van der Waals surface area (Å²) in [6.45, 7) is 3.26. The molecule has 4 heteroatoms. The summed E-state index contributed by atoms with van der Waals surface area (Å²) in [5, 5.41) is 0. The van der Waals surface area contributed by atoms with Crippen LogP contribution in [0.5, 0.6) is 0 Å². The molecule has 0 saturated carbocycles. The Morgan fingerprint density at radius 2 is 1.79 bits per heavy atom. The molecule has 0 atom stereocenters. The largest absolute Gasteiger partial charge is 0.368 e. The van der Waals surface area contributed by atoms with E-state index in [9.17, 15) is 4.79 Å². The van der Waals surface area contributed by atoms with Crippen LogP contribution in [0, 0.1) is 0 Å². The van der Waals surface area contributed by atoms with Gasteiger partial charge < -0.3 is 9.80 Å². The summed E-state index contributed by atoms with van der Waals surface area (Å²) in [7, 11) is 0. The summed E-state index contributed by atoms with van der Waals surface area (Å²) in [4.78, 5) is 18.3.